The number of methoxy groups -OCH3 is 1. The monoisotopic (exact) mass is 273 g/mol. The minimum Gasteiger partial charge on any atom is -0.496 e. The fourth-order valence-electron chi connectivity index (χ4n) is 1.96. The Morgan fingerprint density at radius 1 is 1.53 bits per heavy atom. The number of nitrogens with one attached hydrogen (secondary N) is 1. The van der Waals surface area contributed by atoms with Crippen LogP contribution in [0.1, 0.15) is 17.9 Å². The molecule has 1 unspecified atom stereocenters. The van der Waals surface area contributed by atoms with Crippen LogP contribution in [0.5, 0.6) is 5.75 Å². The minimum atomic E-state index is -0.224. The normalized spacial score (nSPS) is 20.6. The summed E-state index contributed by atoms with van der Waals surface area (Å²) in [4.78, 5) is 0. The topological polar surface area (TPSA) is 21.3 Å². The summed E-state index contributed by atoms with van der Waals surface area (Å²) in [6, 6.07) is 3.27. The lowest BCUT2D eigenvalue weighted by molar-refractivity contribution is 0.404. The van der Waals surface area contributed by atoms with Crippen molar-refractivity contribution >= 4 is 15.9 Å². The zero-order valence-electron chi connectivity index (χ0n) is 8.52. The maximum atomic E-state index is 13.4. The van der Waals surface area contributed by atoms with Gasteiger partial charge in [-0.15, -0.1) is 0 Å². The fourth-order valence-corrected chi connectivity index (χ4v) is 2.28. The minimum absolute atomic E-state index is 0.224. The van der Waals surface area contributed by atoms with Crippen molar-refractivity contribution in [3.8, 4) is 5.75 Å². The van der Waals surface area contributed by atoms with Crippen LogP contribution in [0.4, 0.5) is 4.39 Å². The lowest BCUT2D eigenvalue weighted by Gasteiger charge is -2.14. The van der Waals surface area contributed by atoms with Crippen LogP contribution in [0.3, 0.4) is 0 Å². The van der Waals surface area contributed by atoms with Crippen molar-refractivity contribution in [2.75, 3.05) is 20.2 Å². The molecule has 0 spiro atoms. The van der Waals surface area contributed by atoms with Crippen LogP contribution in [0.15, 0.2) is 16.6 Å². The maximum Gasteiger partial charge on any atom is 0.137 e. The summed E-state index contributed by atoms with van der Waals surface area (Å²) in [6.45, 7) is 1.89. The van der Waals surface area contributed by atoms with Gasteiger partial charge in [0.15, 0.2) is 0 Å². The van der Waals surface area contributed by atoms with Crippen LogP contribution in [0.2, 0.25) is 0 Å². The van der Waals surface area contributed by atoms with E-state index in [1.165, 1.54) is 0 Å². The Hall–Kier alpha value is -0.610. The molecule has 1 aromatic carbocycles. The molecule has 4 heteroatoms. The van der Waals surface area contributed by atoms with E-state index in [0.29, 0.717) is 10.4 Å². The number of ether oxygens (including phenoxy) is 1. The van der Waals surface area contributed by atoms with Crippen molar-refractivity contribution in [3.63, 3.8) is 0 Å². The molecule has 0 radical (unpaired) electrons. The number of hydrogen-bond acceptors (Lipinski definition) is 2. The lowest BCUT2D eigenvalue weighted by Crippen LogP contribution is -2.09. The highest BCUT2D eigenvalue weighted by molar-refractivity contribution is 9.10. The molecule has 1 aromatic rings. The summed E-state index contributed by atoms with van der Waals surface area (Å²) < 4.78 is 19.1. The Morgan fingerprint density at radius 3 is 2.93 bits per heavy atom. The first-order valence-electron chi connectivity index (χ1n) is 4.96. The highest BCUT2D eigenvalue weighted by Crippen LogP contribution is 2.34. The van der Waals surface area contributed by atoms with Gasteiger partial charge in [-0.2, -0.15) is 0 Å². The molecule has 1 heterocycles. The van der Waals surface area contributed by atoms with Gasteiger partial charge in [0.05, 0.1) is 11.6 Å². The SMILES string of the molecule is COc1cc(Br)c(F)cc1C1CCNC1. The number of hydrogen-bond donors (Lipinski definition) is 1. The first-order valence-corrected chi connectivity index (χ1v) is 5.75. The Balaban J connectivity index is 2.39. The molecule has 0 aliphatic carbocycles. The highest BCUT2D eigenvalue weighted by Gasteiger charge is 2.21. The Bertz CT molecular complexity index is 364. The zero-order chi connectivity index (χ0) is 10.8. The molecular weight excluding hydrogens is 261 g/mol. The first-order chi connectivity index (χ1) is 7.22. The van der Waals surface area contributed by atoms with E-state index in [9.17, 15) is 4.39 Å². The average molecular weight is 274 g/mol. The van der Waals surface area contributed by atoms with Gasteiger partial charge in [-0.05, 0) is 41.0 Å². The molecule has 82 valence electrons. The van der Waals surface area contributed by atoms with Gasteiger partial charge in [0, 0.05) is 18.0 Å². The van der Waals surface area contributed by atoms with E-state index in [1.807, 2.05) is 0 Å². The van der Waals surface area contributed by atoms with Crippen LogP contribution >= 0.6 is 15.9 Å². The van der Waals surface area contributed by atoms with Gasteiger partial charge in [-0.25, -0.2) is 4.39 Å². The molecule has 0 aromatic heterocycles. The van der Waals surface area contributed by atoms with Gasteiger partial charge in [-0.3, -0.25) is 0 Å². The fraction of sp³-hybridized carbons (Fsp3) is 0.455. The third-order valence-corrected chi connectivity index (χ3v) is 3.38. The predicted molar refractivity (Wildman–Crippen MR) is 60.9 cm³/mol. The highest BCUT2D eigenvalue weighted by atomic mass is 79.9. The van der Waals surface area contributed by atoms with E-state index < -0.39 is 0 Å². The van der Waals surface area contributed by atoms with E-state index in [2.05, 4.69) is 21.2 Å². The van der Waals surface area contributed by atoms with Crippen molar-refractivity contribution in [2.24, 2.45) is 0 Å². The second kappa shape index (κ2) is 4.49. The maximum absolute atomic E-state index is 13.4. The van der Waals surface area contributed by atoms with Crippen LogP contribution in [-0.4, -0.2) is 20.2 Å². The van der Waals surface area contributed by atoms with Crippen molar-refractivity contribution < 1.29 is 9.13 Å². The van der Waals surface area contributed by atoms with Gasteiger partial charge >= 0.3 is 0 Å². The Morgan fingerprint density at radius 2 is 2.33 bits per heavy atom. The molecule has 2 rings (SSSR count). The number of halogens is 2. The van der Waals surface area contributed by atoms with E-state index in [0.717, 1.165) is 30.8 Å². The lowest BCUT2D eigenvalue weighted by atomic mass is 9.97. The van der Waals surface area contributed by atoms with Gasteiger partial charge in [0.2, 0.25) is 0 Å². The Kier molecular flexibility index (Phi) is 3.26. The summed E-state index contributed by atoms with van der Waals surface area (Å²) in [5.74, 6) is 0.900. The van der Waals surface area contributed by atoms with E-state index in [4.69, 9.17) is 4.74 Å². The quantitative estimate of drug-likeness (QED) is 0.895. The third kappa shape index (κ3) is 2.16. The standard InChI is InChI=1S/C11H13BrFNO/c1-15-11-5-9(12)10(13)4-8(11)7-2-3-14-6-7/h4-5,7,14H,2-3,6H2,1H3. The zero-order valence-corrected chi connectivity index (χ0v) is 10.1. The largest absolute Gasteiger partial charge is 0.496 e. The summed E-state index contributed by atoms with van der Waals surface area (Å²) in [5.41, 5.74) is 0.961. The van der Waals surface area contributed by atoms with Crippen LogP contribution in [0.25, 0.3) is 0 Å². The van der Waals surface area contributed by atoms with Crippen LogP contribution in [0, 0.1) is 5.82 Å². The summed E-state index contributed by atoms with van der Waals surface area (Å²) in [5, 5.41) is 3.27. The van der Waals surface area contributed by atoms with E-state index >= 15 is 0 Å². The molecule has 1 N–H and O–H groups in total. The molecule has 1 saturated heterocycles. The van der Waals surface area contributed by atoms with Crippen molar-refractivity contribution in [3.05, 3.63) is 28.0 Å². The van der Waals surface area contributed by atoms with Gasteiger partial charge in [0.25, 0.3) is 0 Å². The van der Waals surface area contributed by atoms with Crippen molar-refractivity contribution in [1.29, 1.82) is 0 Å². The Labute approximate surface area is 96.9 Å². The molecule has 1 atom stereocenters. The van der Waals surface area contributed by atoms with Crippen LogP contribution < -0.4 is 10.1 Å². The summed E-state index contributed by atoms with van der Waals surface area (Å²) in [7, 11) is 1.62. The van der Waals surface area contributed by atoms with Crippen molar-refractivity contribution in [1.82, 2.24) is 5.32 Å². The van der Waals surface area contributed by atoms with Gasteiger partial charge < -0.3 is 10.1 Å². The smallest absolute Gasteiger partial charge is 0.137 e. The van der Waals surface area contributed by atoms with Crippen molar-refractivity contribution in [2.45, 2.75) is 12.3 Å². The molecule has 0 saturated carbocycles. The molecule has 15 heavy (non-hydrogen) atoms. The first kappa shape index (κ1) is 10.9. The van der Waals surface area contributed by atoms with Crippen LogP contribution in [-0.2, 0) is 0 Å². The molecule has 1 aliphatic rings. The molecule has 1 fully saturated rings. The van der Waals surface area contributed by atoms with E-state index in [-0.39, 0.29) is 5.82 Å². The second-order valence-electron chi connectivity index (χ2n) is 3.70. The second-order valence-corrected chi connectivity index (χ2v) is 4.55. The molecule has 0 bridgehead atoms. The summed E-state index contributed by atoms with van der Waals surface area (Å²) in [6.07, 6.45) is 1.04. The number of benzene rings is 1. The van der Waals surface area contributed by atoms with Gasteiger partial charge in [-0.1, -0.05) is 0 Å². The molecule has 1 aliphatic heterocycles. The average Bonchev–Trinajstić information content (AvgIpc) is 2.74. The van der Waals surface area contributed by atoms with E-state index in [1.54, 1.807) is 19.2 Å². The van der Waals surface area contributed by atoms with Gasteiger partial charge in [0.1, 0.15) is 11.6 Å². The molecular formula is C11H13BrFNO. The molecule has 2 nitrogen and oxygen atoms in total. The molecule has 0 amide bonds. The number of rotatable bonds is 2. The third-order valence-electron chi connectivity index (χ3n) is 2.77. The predicted octanol–water partition coefficient (Wildman–Crippen LogP) is 2.67. The summed E-state index contributed by atoms with van der Waals surface area (Å²) >= 11 is 3.16.